The maximum atomic E-state index is 11.9. The molecule has 0 heterocycles. The zero-order valence-electron chi connectivity index (χ0n) is 10.1. The first-order chi connectivity index (χ1) is 8.65. The van der Waals surface area contributed by atoms with Crippen LogP contribution in [0.3, 0.4) is 0 Å². The number of phenols is 1. The van der Waals surface area contributed by atoms with Gasteiger partial charge in [0.25, 0.3) is 0 Å². The molecule has 0 amide bonds. The molecule has 18 heavy (non-hydrogen) atoms. The lowest BCUT2D eigenvalue weighted by Crippen LogP contribution is -1.93. The van der Waals surface area contributed by atoms with Gasteiger partial charge in [-0.05, 0) is 30.7 Å². The molecule has 0 atom stereocenters. The van der Waals surface area contributed by atoms with Crippen LogP contribution in [0.5, 0.6) is 5.75 Å². The van der Waals surface area contributed by atoms with Gasteiger partial charge in [-0.2, -0.15) is 0 Å². The second kappa shape index (κ2) is 5.32. The Kier molecular flexibility index (Phi) is 3.58. The Bertz CT molecular complexity index is 580. The van der Waals surface area contributed by atoms with Crippen LogP contribution < -0.4 is 0 Å². The number of carbonyl (C=O) groups is 1. The van der Waals surface area contributed by atoms with Crippen LogP contribution in [0.15, 0.2) is 54.6 Å². The lowest BCUT2D eigenvalue weighted by Gasteiger charge is -1.97. The number of aryl methyl sites for hydroxylation is 1. The van der Waals surface area contributed by atoms with Gasteiger partial charge in [0.2, 0.25) is 0 Å². The molecule has 2 aromatic rings. The van der Waals surface area contributed by atoms with Gasteiger partial charge in [-0.1, -0.05) is 48.0 Å². The van der Waals surface area contributed by atoms with Crippen LogP contribution in [-0.4, -0.2) is 10.9 Å². The maximum Gasteiger partial charge on any atom is 0.185 e. The molecule has 0 radical (unpaired) electrons. The minimum atomic E-state index is -0.0432. The van der Waals surface area contributed by atoms with Crippen molar-refractivity contribution in [3.8, 4) is 5.75 Å². The number of hydrogen-bond acceptors (Lipinski definition) is 2. The van der Waals surface area contributed by atoms with Gasteiger partial charge in [-0.25, -0.2) is 0 Å². The molecule has 0 aromatic heterocycles. The number of rotatable bonds is 3. The van der Waals surface area contributed by atoms with Gasteiger partial charge < -0.3 is 5.11 Å². The maximum absolute atomic E-state index is 11.9. The highest BCUT2D eigenvalue weighted by molar-refractivity contribution is 6.06. The van der Waals surface area contributed by atoms with E-state index in [4.69, 9.17) is 0 Å². The summed E-state index contributed by atoms with van der Waals surface area (Å²) in [5.74, 6) is 0.151. The number of ketones is 1. The van der Waals surface area contributed by atoms with Crippen LogP contribution in [-0.2, 0) is 0 Å². The van der Waals surface area contributed by atoms with E-state index < -0.39 is 0 Å². The summed E-state index contributed by atoms with van der Waals surface area (Å²) in [6.07, 6.45) is 3.21. The first-order valence-electron chi connectivity index (χ1n) is 5.73. The molecule has 0 aliphatic rings. The Morgan fingerprint density at radius 3 is 2.50 bits per heavy atom. The third-order valence-corrected chi connectivity index (χ3v) is 2.63. The second-order valence-electron chi connectivity index (χ2n) is 4.16. The van der Waals surface area contributed by atoms with Crippen molar-refractivity contribution in [3.05, 3.63) is 71.3 Å². The third kappa shape index (κ3) is 3.08. The van der Waals surface area contributed by atoms with E-state index in [0.717, 1.165) is 11.1 Å². The lowest BCUT2D eigenvalue weighted by atomic mass is 10.1. The highest BCUT2D eigenvalue weighted by atomic mass is 16.3. The third-order valence-electron chi connectivity index (χ3n) is 2.63. The monoisotopic (exact) mass is 238 g/mol. The number of aromatic hydroxyl groups is 1. The second-order valence-corrected chi connectivity index (χ2v) is 4.16. The topological polar surface area (TPSA) is 37.3 Å². The van der Waals surface area contributed by atoms with Crippen molar-refractivity contribution in [2.45, 2.75) is 6.92 Å². The summed E-state index contributed by atoms with van der Waals surface area (Å²) >= 11 is 0. The molecule has 2 heteroatoms. The summed E-state index contributed by atoms with van der Waals surface area (Å²) < 4.78 is 0. The van der Waals surface area contributed by atoms with E-state index in [1.165, 1.54) is 6.08 Å². The first-order valence-corrected chi connectivity index (χ1v) is 5.73. The Balaban J connectivity index is 2.14. The quantitative estimate of drug-likeness (QED) is 0.655. The van der Waals surface area contributed by atoms with Crippen LogP contribution in [0.1, 0.15) is 21.5 Å². The normalized spacial score (nSPS) is 10.7. The Morgan fingerprint density at radius 1 is 1.11 bits per heavy atom. The van der Waals surface area contributed by atoms with Crippen LogP contribution >= 0.6 is 0 Å². The van der Waals surface area contributed by atoms with Crippen molar-refractivity contribution < 1.29 is 9.90 Å². The molecule has 2 nitrogen and oxygen atoms in total. The SMILES string of the molecule is Cc1ccc(C(=O)/C=C/c2cccc(O)c2)cc1. The molecule has 0 aliphatic carbocycles. The van der Waals surface area contributed by atoms with Crippen molar-refractivity contribution in [1.29, 1.82) is 0 Å². The van der Waals surface area contributed by atoms with Gasteiger partial charge in [-0.15, -0.1) is 0 Å². The number of phenolic OH excluding ortho intramolecular Hbond substituents is 1. The van der Waals surface area contributed by atoms with Crippen molar-refractivity contribution in [1.82, 2.24) is 0 Å². The Labute approximate surface area is 106 Å². The molecule has 2 aromatic carbocycles. The summed E-state index contributed by atoms with van der Waals surface area (Å²) in [5.41, 5.74) is 2.59. The van der Waals surface area contributed by atoms with E-state index in [0.29, 0.717) is 5.56 Å². The van der Waals surface area contributed by atoms with Gasteiger partial charge >= 0.3 is 0 Å². The molecule has 90 valence electrons. The van der Waals surface area contributed by atoms with Gasteiger partial charge in [0, 0.05) is 5.56 Å². The molecule has 0 saturated carbocycles. The standard InChI is InChI=1S/C16H14O2/c1-12-5-8-14(9-6-12)16(18)10-7-13-3-2-4-15(17)11-13/h2-11,17H,1H3/b10-7+. The molecule has 0 bridgehead atoms. The summed E-state index contributed by atoms with van der Waals surface area (Å²) in [5, 5.41) is 9.31. The molecule has 0 fully saturated rings. The molecular weight excluding hydrogens is 224 g/mol. The van der Waals surface area contributed by atoms with E-state index in [1.807, 2.05) is 37.3 Å². The molecule has 0 aliphatic heterocycles. The van der Waals surface area contributed by atoms with E-state index in [9.17, 15) is 9.90 Å². The highest BCUT2D eigenvalue weighted by Crippen LogP contribution is 2.13. The number of benzene rings is 2. The predicted molar refractivity (Wildman–Crippen MR) is 72.7 cm³/mol. The van der Waals surface area contributed by atoms with Crippen molar-refractivity contribution in [3.63, 3.8) is 0 Å². The van der Waals surface area contributed by atoms with Gasteiger partial charge in [-0.3, -0.25) is 4.79 Å². The highest BCUT2D eigenvalue weighted by Gasteiger charge is 2.00. The summed E-state index contributed by atoms with van der Waals surface area (Å²) in [4.78, 5) is 11.9. The van der Waals surface area contributed by atoms with Crippen LogP contribution in [0.4, 0.5) is 0 Å². The molecule has 1 N–H and O–H groups in total. The molecule has 0 spiro atoms. The van der Waals surface area contributed by atoms with Crippen molar-refractivity contribution in [2.24, 2.45) is 0 Å². The minimum absolute atomic E-state index is 0.0432. The van der Waals surface area contributed by atoms with Crippen LogP contribution in [0, 0.1) is 6.92 Å². The number of hydrogen-bond donors (Lipinski definition) is 1. The summed E-state index contributed by atoms with van der Waals surface area (Å²) in [7, 11) is 0. The van der Waals surface area contributed by atoms with E-state index in [1.54, 1.807) is 24.3 Å². The van der Waals surface area contributed by atoms with Crippen molar-refractivity contribution >= 4 is 11.9 Å². The minimum Gasteiger partial charge on any atom is -0.508 e. The van der Waals surface area contributed by atoms with Crippen LogP contribution in [0.2, 0.25) is 0 Å². The molecule has 0 unspecified atom stereocenters. The summed E-state index contributed by atoms with van der Waals surface area (Å²) in [6, 6.07) is 14.2. The first kappa shape index (κ1) is 12.1. The van der Waals surface area contributed by atoms with Gasteiger partial charge in [0.15, 0.2) is 5.78 Å². The molecule has 2 rings (SSSR count). The number of allylic oxidation sites excluding steroid dienone is 1. The summed E-state index contributed by atoms with van der Waals surface area (Å²) in [6.45, 7) is 1.98. The Hall–Kier alpha value is -2.35. The average Bonchev–Trinajstić information content (AvgIpc) is 2.37. The largest absolute Gasteiger partial charge is 0.508 e. The Morgan fingerprint density at radius 2 is 1.83 bits per heavy atom. The lowest BCUT2D eigenvalue weighted by molar-refractivity contribution is 0.104. The zero-order chi connectivity index (χ0) is 13.0. The fraction of sp³-hybridized carbons (Fsp3) is 0.0625. The van der Waals surface area contributed by atoms with Gasteiger partial charge in [0.1, 0.15) is 5.75 Å². The van der Waals surface area contributed by atoms with E-state index in [-0.39, 0.29) is 11.5 Å². The fourth-order valence-corrected chi connectivity index (χ4v) is 1.61. The van der Waals surface area contributed by atoms with Gasteiger partial charge in [0.05, 0.1) is 0 Å². The van der Waals surface area contributed by atoms with Crippen LogP contribution in [0.25, 0.3) is 6.08 Å². The van der Waals surface area contributed by atoms with E-state index in [2.05, 4.69) is 0 Å². The molecular formula is C16H14O2. The predicted octanol–water partition coefficient (Wildman–Crippen LogP) is 3.60. The number of carbonyl (C=O) groups excluding carboxylic acids is 1. The fourth-order valence-electron chi connectivity index (χ4n) is 1.61. The molecule has 0 saturated heterocycles. The average molecular weight is 238 g/mol. The van der Waals surface area contributed by atoms with Crippen molar-refractivity contribution in [2.75, 3.05) is 0 Å². The van der Waals surface area contributed by atoms with E-state index >= 15 is 0 Å². The zero-order valence-corrected chi connectivity index (χ0v) is 10.1. The smallest absolute Gasteiger partial charge is 0.185 e.